The molecule has 0 saturated carbocycles. The van der Waals surface area contributed by atoms with Gasteiger partial charge in [0.15, 0.2) is 0 Å². The predicted molar refractivity (Wildman–Crippen MR) is 382 cm³/mol. The molecule has 2 atom stereocenters. The van der Waals surface area contributed by atoms with Crippen LogP contribution in [0.15, 0.2) is 0 Å². The first-order valence-corrected chi connectivity index (χ1v) is 35.2. The van der Waals surface area contributed by atoms with Crippen LogP contribution in [0.4, 0.5) is 52.7 Å². The molecule has 0 heterocycles. The van der Waals surface area contributed by atoms with Crippen molar-refractivity contribution >= 4 is 0 Å². The molecule has 0 amide bonds. The Balaban J connectivity index is -0.0000000999. The standard InChI is InChI=1S/C11H21F3.C10H22.C9H20.2C8H15F3.C7H13F3.2C7H16.C6H14.C5H12/c1-7(2)9(8(3)4)10(5,6)11(12,13)14;1-7-10(6,8-2)9(3,4)5;1-6-8(7-2)9(3,4)5;1-5-7(4,6(2)3)8(9,10)11;1-4-6-7(3,5-2)8(9,10)11;1-4-6(3,5-2)7(8,9)10;1-6(2)7(3,4)5;1-5-6-7(2,3)4;1-5-6(2,3)4;1-5(2,3)4/h7-9H,1-6H3;7-8H2,1-6H3;8H,6-7H2,1-5H3;6H,5H2,1-4H3;4-6H2,1-3H3;4-5H2,1-3H3;6H,1-5H3;5-6H2,1-4H3;5H2,1-4H3;1-4H3/t;;;2*7-;;;;;/m...00...../s1. The highest BCUT2D eigenvalue weighted by Gasteiger charge is 2.54. The average molecular weight is 1330 g/mol. The highest BCUT2D eigenvalue weighted by atomic mass is 19.4. The van der Waals surface area contributed by atoms with Crippen molar-refractivity contribution in [3.8, 4) is 0 Å². The molecule has 0 spiro atoms. The van der Waals surface area contributed by atoms with Crippen LogP contribution in [-0.4, -0.2) is 24.7 Å². The molecule has 0 saturated heterocycles. The van der Waals surface area contributed by atoms with Crippen molar-refractivity contribution in [2.45, 2.75) is 413 Å². The maximum Gasteiger partial charge on any atom is 0.394 e. The smallest absolute Gasteiger partial charge is 0.171 e. The molecule has 0 aromatic rings. The lowest BCUT2D eigenvalue weighted by molar-refractivity contribution is -0.239. The van der Waals surface area contributed by atoms with Gasteiger partial charge in [0.1, 0.15) is 0 Å². The third-order valence-electron chi connectivity index (χ3n) is 19.5. The van der Waals surface area contributed by atoms with Gasteiger partial charge in [-0.3, -0.25) is 0 Å². The summed E-state index contributed by atoms with van der Waals surface area (Å²) in [4.78, 5) is 0. The van der Waals surface area contributed by atoms with E-state index in [9.17, 15) is 52.7 Å². The van der Waals surface area contributed by atoms with Crippen LogP contribution in [0.25, 0.3) is 0 Å². The molecule has 0 radical (unpaired) electrons. The van der Waals surface area contributed by atoms with Crippen LogP contribution in [0, 0.1) is 95.1 Å². The van der Waals surface area contributed by atoms with Crippen LogP contribution in [-0.2, 0) is 0 Å². The molecule has 0 aliphatic rings. The van der Waals surface area contributed by atoms with E-state index in [1.54, 1.807) is 48.5 Å². The molecule has 0 rings (SSSR count). The van der Waals surface area contributed by atoms with Crippen molar-refractivity contribution in [3.63, 3.8) is 0 Å². The van der Waals surface area contributed by atoms with E-state index < -0.39 is 46.4 Å². The Bertz CT molecular complexity index is 1560. The molecule has 0 aliphatic carbocycles. The molecule has 0 nitrogen and oxygen atoms in total. The lowest BCUT2D eigenvalue weighted by Gasteiger charge is -2.41. The summed E-state index contributed by atoms with van der Waals surface area (Å²) in [6.07, 6.45) is -5.70. The summed E-state index contributed by atoms with van der Waals surface area (Å²) >= 11 is 0. The average Bonchev–Trinajstić information content (AvgIpc) is 3.31. The van der Waals surface area contributed by atoms with Crippen molar-refractivity contribution in [3.05, 3.63) is 0 Å². The van der Waals surface area contributed by atoms with Crippen LogP contribution >= 0.6 is 0 Å². The minimum Gasteiger partial charge on any atom is -0.171 e. The molecule has 0 aromatic carbocycles. The Hall–Kier alpha value is -0.840. The second-order valence-corrected chi connectivity index (χ2v) is 35.7. The van der Waals surface area contributed by atoms with Gasteiger partial charge >= 0.3 is 24.7 Å². The molecule has 12 heteroatoms. The van der Waals surface area contributed by atoms with E-state index >= 15 is 0 Å². The van der Waals surface area contributed by atoms with Gasteiger partial charge < -0.3 is 0 Å². The van der Waals surface area contributed by atoms with Crippen LogP contribution in [0.3, 0.4) is 0 Å². The lowest BCUT2D eigenvalue weighted by Crippen LogP contribution is -2.43. The number of alkyl halides is 12. The lowest BCUT2D eigenvalue weighted by atomic mass is 9.65. The zero-order valence-corrected chi connectivity index (χ0v) is 68.7. The summed E-state index contributed by atoms with van der Waals surface area (Å²) in [6.45, 7) is 88.7. The third-order valence-corrected chi connectivity index (χ3v) is 19.5. The van der Waals surface area contributed by atoms with Gasteiger partial charge in [0.2, 0.25) is 0 Å². The van der Waals surface area contributed by atoms with Gasteiger partial charge in [-0.05, 0) is 112 Å². The molecule has 560 valence electrons. The van der Waals surface area contributed by atoms with Gasteiger partial charge in [-0.15, -0.1) is 0 Å². The van der Waals surface area contributed by atoms with E-state index in [2.05, 4.69) is 194 Å². The first-order valence-electron chi connectivity index (χ1n) is 35.2. The summed E-state index contributed by atoms with van der Waals surface area (Å²) in [6, 6.07) is 0. The van der Waals surface area contributed by atoms with Gasteiger partial charge in [0.05, 0.1) is 21.7 Å². The second kappa shape index (κ2) is 46.4. The van der Waals surface area contributed by atoms with E-state index in [0.29, 0.717) is 44.3 Å². The van der Waals surface area contributed by atoms with E-state index in [0.717, 1.165) is 11.8 Å². The highest BCUT2D eigenvalue weighted by molar-refractivity contribution is 4.89. The first-order chi connectivity index (χ1) is 39.0. The SMILES string of the molecule is CC(C)(C)C.CC(C)C(C(C)C)C(C)(C)C(F)(F)F.CC(C)C(C)(C)C.CCC(C)(C)C.CCC(C)(CC)C(C)(C)C.CCC(C)(CC)C(F)(F)F.CCC(CC)C(C)(C)C.CCCC(C)(C)C.CCC[C@](C)(CC)C(F)(F)F.CC[C@@](C)(C(C)C)C(F)(F)F. The minimum absolute atomic E-state index is 0.0478. The number of hydrogen-bond acceptors (Lipinski definition) is 0. The topological polar surface area (TPSA) is 0 Å². The fraction of sp³-hybridized carbons (Fsp3) is 1.00. The Morgan fingerprint density at radius 2 is 0.533 bits per heavy atom. The van der Waals surface area contributed by atoms with Gasteiger partial charge in [-0.25, -0.2) is 0 Å². The van der Waals surface area contributed by atoms with Crippen molar-refractivity contribution in [1.82, 2.24) is 0 Å². The molecule has 0 unspecified atom stereocenters. The Morgan fingerprint density at radius 1 is 0.278 bits per heavy atom. The van der Waals surface area contributed by atoms with Crippen molar-refractivity contribution in [2.24, 2.45) is 95.1 Å². The highest BCUT2D eigenvalue weighted by Crippen LogP contribution is 2.50. The Morgan fingerprint density at radius 3 is 0.556 bits per heavy atom. The minimum atomic E-state index is -4.12. The molecule has 0 fully saturated rings. The van der Waals surface area contributed by atoms with Crippen molar-refractivity contribution in [2.75, 3.05) is 0 Å². The summed E-state index contributed by atoms with van der Waals surface area (Å²) < 4.78 is 149. The number of halogens is 12. The van der Waals surface area contributed by atoms with Crippen LogP contribution in [0.5, 0.6) is 0 Å². The summed E-state index contributed by atoms with van der Waals surface area (Å²) in [5.74, 6) is 1.11. The molecule has 0 N–H and O–H groups in total. The first kappa shape index (κ1) is 111. The molecular formula is C78H164F12. The zero-order valence-electron chi connectivity index (χ0n) is 68.7. The fourth-order valence-corrected chi connectivity index (χ4v) is 8.86. The van der Waals surface area contributed by atoms with E-state index in [1.165, 1.54) is 79.6 Å². The monoisotopic (exact) mass is 1330 g/mol. The third kappa shape index (κ3) is 54.3. The summed E-state index contributed by atoms with van der Waals surface area (Å²) in [7, 11) is 0. The van der Waals surface area contributed by atoms with E-state index in [1.807, 2.05) is 27.7 Å². The summed E-state index contributed by atoms with van der Waals surface area (Å²) in [5.41, 5.74) is -2.49. The number of rotatable bonds is 15. The fourth-order valence-electron chi connectivity index (χ4n) is 8.86. The van der Waals surface area contributed by atoms with Crippen LogP contribution in [0.1, 0.15) is 388 Å². The van der Waals surface area contributed by atoms with Crippen molar-refractivity contribution in [1.29, 1.82) is 0 Å². The van der Waals surface area contributed by atoms with Crippen LogP contribution in [0.2, 0.25) is 0 Å². The number of hydrogen-bond donors (Lipinski definition) is 0. The van der Waals surface area contributed by atoms with Gasteiger partial charge in [-0.2, -0.15) is 52.7 Å². The Labute approximate surface area is 558 Å². The summed E-state index contributed by atoms with van der Waals surface area (Å²) in [5, 5.41) is 0. The van der Waals surface area contributed by atoms with Crippen molar-refractivity contribution < 1.29 is 52.7 Å². The zero-order chi connectivity index (χ0) is 76.2. The van der Waals surface area contributed by atoms with E-state index in [-0.39, 0.29) is 55.8 Å². The predicted octanol–water partition coefficient (Wildman–Crippen LogP) is 32.6. The second-order valence-electron chi connectivity index (χ2n) is 35.7. The van der Waals surface area contributed by atoms with Crippen LogP contribution < -0.4 is 0 Å². The maximum absolute atomic E-state index is 12.8. The Kier molecular flexibility index (Phi) is 57.0. The molecule has 0 bridgehead atoms. The largest absolute Gasteiger partial charge is 0.394 e. The van der Waals surface area contributed by atoms with Gasteiger partial charge in [-0.1, -0.05) is 350 Å². The molecule has 0 aliphatic heterocycles. The molecule has 0 aromatic heterocycles. The molecular weight excluding hydrogens is 1160 g/mol. The quantitative estimate of drug-likeness (QED) is 0.143. The maximum atomic E-state index is 12.8. The van der Waals surface area contributed by atoms with E-state index in [4.69, 9.17) is 0 Å². The molecule has 90 heavy (non-hydrogen) atoms. The normalized spacial score (nSPS) is 14.5. The van der Waals surface area contributed by atoms with Gasteiger partial charge in [0.25, 0.3) is 0 Å². The van der Waals surface area contributed by atoms with Gasteiger partial charge in [0, 0.05) is 0 Å².